The van der Waals surface area contributed by atoms with Crippen molar-refractivity contribution in [2.45, 2.75) is 52.1 Å². The number of methoxy groups -OCH3 is 1. The largest absolute Gasteiger partial charge is 0.465 e. The summed E-state index contributed by atoms with van der Waals surface area (Å²) in [4.78, 5) is 25.3. The minimum atomic E-state index is -0.437. The predicted octanol–water partition coefficient (Wildman–Crippen LogP) is 4.91. The van der Waals surface area contributed by atoms with E-state index in [1.54, 1.807) is 12.1 Å². The molecule has 0 spiro atoms. The molecule has 0 atom stereocenters. The van der Waals surface area contributed by atoms with Crippen molar-refractivity contribution in [3.63, 3.8) is 0 Å². The molecule has 1 heterocycles. The Kier molecular flexibility index (Phi) is 7.45. The Morgan fingerprint density at radius 1 is 1.15 bits per heavy atom. The van der Waals surface area contributed by atoms with Gasteiger partial charge in [-0.3, -0.25) is 0 Å². The number of nitrogens with zero attached hydrogens (tertiary/aromatic N) is 1. The Morgan fingerprint density at radius 2 is 1.78 bits per heavy atom. The minimum absolute atomic E-state index is 0.198. The molecule has 0 unspecified atom stereocenters. The number of carbonyl (C=O) groups is 2. The molecule has 0 aromatic heterocycles. The molecule has 1 aliphatic rings. The summed E-state index contributed by atoms with van der Waals surface area (Å²) in [6.07, 6.45) is 8.25. The summed E-state index contributed by atoms with van der Waals surface area (Å²) in [7, 11) is 1.38. The maximum absolute atomic E-state index is 12.1. The zero-order valence-electron chi connectivity index (χ0n) is 16.9. The highest BCUT2D eigenvalue weighted by molar-refractivity contribution is 5.89. The summed E-state index contributed by atoms with van der Waals surface area (Å²) >= 11 is 0. The number of esters is 1. The fourth-order valence-corrected chi connectivity index (χ4v) is 3.13. The van der Waals surface area contributed by atoms with Gasteiger partial charge < -0.3 is 14.4 Å². The van der Waals surface area contributed by atoms with E-state index in [0.29, 0.717) is 11.5 Å². The van der Waals surface area contributed by atoms with Gasteiger partial charge in [0.2, 0.25) is 0 Å². The third kappa shape index (κ3) is 7.08. The number of carbonyl (C=O) groups excluding carboxylic acids is 2. The van der Waals surface area contributed by atoms with E-state index in [2.05, 4.69) is 12.2 Å². The van der Waals surface area contributed by atoms with Crippen LogP contribution >= 0.6 is 0 Å². The van der Waals surface area contributed by atoms with Crippen molar-refractivity contribution in [2.75, 3.05) is 20.2 Å². The zero-order valence-corrected chi connectivity index (χ0v) is 16.9. The second-order valence-electron chi connectivity index (χ2n) is 8.00. The molecule has 0 saturated carbocycles. The van der Waals surface area contributed by atoms with Gasteiger partial charge in [0.05, 0.1) is 12.7 Å². The highest BCUT2D eigenvalue weighted by atomic mass is 16.6. The summed E-state index contributed by atoms with van der Waals surface area (Å²) in [5.41, 5.74) is 1.20. The molecule has 5 nitrogen and oxygen atoms in total. The number of amides is 1. The predicted molar refractivity (Wildman–Crippen MR) is 107 cm³/mol. The van der Waals surface area contributed by atoms with Crippen LogP contribution in [0, 0.1) is 5.92 Å². The van der Waals surface area contributed by atoms with Gasteiger partial charge >= 0.3 is 12.1 Å². The van der Waals surface area contributed by atoms with Crippen LogP contribution in [0.15, 0.2) is 30.3 Å². The Bertz CT molecular complexity index is 650. The highest BCUT2D eigenvalue weighted by Crippen LogP contribution is 2.23. The molecule has 0 radical (unpaired) electrons. The van der Waals surface area contributed by atoms with Crippen LogP contribution in [0.25, 0.3) is 6.08 Å². The second kappa shape index (κ2) is 9.58. The first-order chi connectivity index (χ1) is 12.8. The standard InChI is InChI=1S/C22H31NO4/c1-22(2,3)27-21(25)23-15-13-18(14-16-23)8-6-5-7-17-9-11-19(12-10-17)20(24)26-4/h5,7,9-12,18H,6,8,13-16H2,1-4H3/b7-5+. The van der Waals surface area contributed by atoms with Crippen molar-refractivity contribution in [1.82, 2.24) is 4.90 Å². The maximum atomic E-state index is 12.1. The zero-order chi connectivity index (χ0) is 19.9. The third-order valence-corrected chi connectivity index (χ3v) is 4.65. The van der Waals surface area contributed by atoms with Crippen molar-refractivity contribution < 1.29 is 19.1 Å². The number of hydrogen-bond donors (Lipinski definition) is 0. The minimum Gasteiger partial charge on any atom is -0.465 e. The molecule has 1 saturated heterocycles. The smallest absolute Gasteiger partial charge is 0.410 e. The SMILES string of the molecule is COC(=O)c1ccc(/C=C/CCC2CCN(C(=O)OC(C)(C)C)CC2)cc1. The first-order valence-electron chi connectivity index (χ1n) is 9.61. The molecule has 0 N–H and O–H groups in total. The van der Waals surface area contributed by atoms with Gasteiger partial charge in [0.25, 0.3) is 0 Å². The summed E-state index contributed by atoms with van der Waals surface area (Å²) in [5, 5.41) is 0. The van der Waals surface area contributed by atoms with Crippen LogP contribution in [-0.4, -0.2) is 42.8 Å². The highest BCUT2D eigenvalue weighted by Gasteiger charge is 2.26. The van der Waals surface area contributed by atoms with Crippen LogP contribution in [-0.2, 0) is 9.47 Å². The Labute approximate surface area is 162 Å². The molecule has 2 rings (SSSR count). The van der Waals surface area contributed by atoms with Gasteiger partial charge in [0.1, 0.15) is 5.60 Å². The molecule has 1 aromatic carbocycles. The van der Waals surface area contributed by atoms with Crippen LogP contribution in [0.5, 0.6) is 0 Å². The third-order valence-electron chi connectivity index (χ3n) is 4.65. The van der Waals surface area contributed by atoms with E-state index in [0.717, 1.165) is 44.3 Å². The van der Waals surface area contributed by atoms with Crippen molar-refractivity contribution in [1.29, 1.82) is 0 Å². The van der Waals surface area contributed by atoms with E-state index in [1.165, 1.54) is 7.11 Å². The van der Waals surface area contributed by atoms with Crippen LogP contribution < -0.4 is 0 Å². The quantitative estimate of drug-likeness (QED) is 0.688. The molecule has 27 heavy (non-hydrogen) atoms. The van der Waals surface area contributed by atoms with Crippen LogP contribution in [0.1, 0.15) is 62.4 Å². The van der Waals surface area contributed by atoms with Crippen molar-refractivity contribution in [3.05, 3.63) is 41.5 Å². The molecule has 1 amide bonds. The Balaban J connectivity index is 1.70. The average Bonchev–Trinajstić information content (AvgIpc) is 2.64. The lowest BCUT2D eigenvalue weighted by atomic mass is 9.92. The number of allylic oxidation sites excluding steroid dienone is 1. The number of rotatable bonds is 5. The molecule has 148 valence electrons. The van der Waals surface area contributed by atoms with Crippen LogP contribution in [0.4, 0.5) is 4.79 Å². The molecular formula is C22H31NO4. The van der Waals surface area contributed by atoms with E-state index < -0.39 is 5.60 Å². The second-order valence-corrected chi connectivity index (χ2v) is 8.00. The van der Waals surface area contributed by atoms with Gasteiger partial charge in [-0.2, -0.15) is 0 Å². The summed E-state index contributed by atoms with van der Waals surface area (Å²) in [6.45, 7) is 7.24. The monoisotopic (exact) mass is 373 g/mol. The van der Waals surface area contributed by atoms with Crippen molar-refractivity contribution in [3.8, 4) is 0 Å². The molecule has 5 heteroatoms. The maximum Gasteiger partial charge on any atom is 0.410 e. The lowest BCUT2D eigenvalue weighted by molar-refractivity contribution is 0.0181. The van der Waals surface area contributed by atoms with Gasteiger partial charge in [-0.15, -0.1) is 0 Å². The number of ether oxygens (including phenoxy) is 2. The lowest BCUT2D eigenvalue weighted by Crippen LogP contribution is -2.41. The van der Waals surface area contributed by atoms with E-state index in [-0.39, 0.29) is 12.1 Å². The number of hydrogen-bond acceptors (Lipinski definition) is 4. The fourth-order valence-electron chi connectivity index (χ4n) is 3.13. The van der Waals surface area contributed by atoms with Gasteiger partial charge in [0, 0.05) is 13.1 Å². The topological polar surface area (TPSA) is 55.8 Å². The summed E-state index contributed by atoms with van der Waals surface area (Å²) < 4.78 is 10.1. The first-order valence-corrected chi connectivity index (χ1v) is 9.61. The van der Waals surface area contributed by atoms with Crippen LogP contribution in [0.2, 0.25) is 0 Å². The fraction of sp³-hybridized carbons (Fsp3) is 0.545. The molecule has 0 bridgehead atoms. The molecular weight excluding hydrogens is 342 g/mol. The van der Waals surface area contributed by atoms with Gasteiger partial charge in [-0.05, 0) is 70.1 Å². The molecule has 0 aliphatic carbocycles. The van der Waals surface area contributed by atoms with Gasteiger partial charge in [-0.25, -0.2) is 9.59 Å². The van der Waals surface area contributed by atoms with Crippen LogP contribution in [0.3, 0.4) is 0 Å². The summed E-state index contributed by atoms with van der Waals surface area (Å²) in [5.74, 6) is 0.332. The Morgan fingerprint density at radius 3 is 2.33 bits per heavy atom. The van der Waals surface area contributed by atoms with Crippen molar-refractivity contribution >= 4 is 18.1 Å². The number of likely N-dealkylation sites (tertiary alicyclic amines) is 1. The van der Waals surface area contributed by atoms with E-state index in [1.807, 2.05) is 37.8 Å². The molecule has 1 aromatic rings. The first kappa shape index (κ1) is 21.0. The van der Waals surface area contributed by atoms with E-state index in [4.69, 9.17) is 9.47 Å². The Hall–Kier alpha value is -2.30. The molecule has 1 aliphatic heterocycles. The molecule has 1 fully saturated rings. The summed E-state index contributed by atoms with van der Waals surface area (Å²) in [6, 6.07) is 7.39. The van der Waals surface area contributed by atoms with Gasteiger partial charge in [-0.1, -0.05) is 24.3 Å². The number of piperidine rings is 1. The average molecular weight is 373 g/mol. The van der Waals surface area contributed by atoms with E-state index >= 15 is 0 Å². The van der Waals surface area contributed by atoms with E-state index in [9.17, 15) is 9.59 Å². The number of benzene rings is 1. The lowest BCUT2D eigenvalue weighted by Gasteiger charge is -2.33. The van der Waals surface area contributed by atoms with Crippen molar-refractivity contribution in [2.24, 2.45) is 5.92 Å². The normalized spacial score (nSPS) is 15.8. The van der Waals surface area contributed by atoms with Gasteiger partial charge in [0.15, 0.2) is 0 Å².